The minimum Gasteiger partial charge on any atom is -1.00 e. The van der Waals surface area contributed by atoms with Crippen molar-refractivity contribution in [1.82, 2.24) is 0 Å². The number of hydrogen-bond donors (Lipinski definition) is 0. The monoisotopic (exact) mass is 328 g/mol. The molecule has 0 aromatic heterocycles. The van der Waals surface area contributed by atoms with Gasteiger partial charge in [0.25, 0.3) is 0 Å². The van der Waals surface area contributed by atoms with E-state index in [0.717, 1.165) is 19.4 Å². The Bertz CT molecular complexity index is 368. The molecule has 17 heavy (non-hydrogen) atoms. The normalized spacial score (nSPS) is 18.1. The Hall–Kier alpha value is 0.0931. The Morgan fingerprint density at radius 1 is 1.06 bits per heavy atom. The van der Waals surface area contributed by atoms with Gasteiger partial charge in [0.15, 0.2) is 0 Å². The average molecular weight is 330 g/mol. The molecule has 0 spiro atoms. The standard InChI is InChI=1S/2C6H7.C2H5O.ClH.Zr/c2*1-6-4-2-3-5-6;1-2-3;;/h2*2,4H,3H2,1H3;2H2,1H3;1H;/q;;-1;;+2/p-1. The van der Waals surface area contributed by atoms with Gasteiger partial charge in [0, 0.05) is 0 Å². The van der Waals surface area contributed by atoms with Crippen molar-refractivity contribution in [2.45, 2.75) is 33.6 Å². The van der Waals surface area contributed by atoms with Gasteiger partial charge >= 0.3 is 107 Å². The summed E-state index contributed by atoms with van der Waals surface area (Å²) in [5, 5.41) is 0. The third-order valence-electron chi connectivity index (χ3n) is 3.17. The van der Waals surface area contributed by atoms with Gasteiger partial charge < -0.3 is 12.4 Å². The van der Waals surface area contributed by atoms with Crippen LogP contribution in [0.4, 0.5) is 0 Å². The number of rotatable bonds is 4. The first-order valence-electron chi connectivity index (χ1n) is 5.97. The smallest absolute Gasteiger partial charge is 1.00 e. The predicted molar refractivity (Wildman–Crippen MR) is 64.5 cm³/mol. The second-order valence-corrected chi connectivity index (χ2v) is 9.59. The van der Waals surface area contributed by atoms with Crippen molar-refractivity contribution in [3.05, 3.63) is 42.0 Å². The fraction of sp³-hybridized carbons (Fsp3) is 0.429. The van der Waals surface area contributed by atoms with Gasteiger partial charge in [-0.3, -0.25) is 0 Å². The maximum absolute atomic E-state index is 6.15. The van der Waals surface area contributed by atoms with Crippen molar-refractivity contribution in [3.63, 3.8) is 0 Å². The van der Waals surface area contributed by atoms with Crippen LogP contribution in [0.2, 0.25) is 0 Å². The molecule has 0 unspecified atom stereocenters. The van der Waals surface area contributed by atoms with E-state index in [2.05, 4.69) is 45.1 Å². The van der Waals surface area contributed by atoms with Gasteiger partial charge in [-0.2, -0.15) is 0 Å². The number of hydrogen-bond acceptors (Lipinski definition) is 1. The molecule has 0 radical (unpaired) electrons. The SMILES string of the molecule is CC[O][Zr+]([C]1=C(C)C=CC1)[C]1=C(C)C=CC1.[Cl-]. The van der Waals surface area contributed by atoms with Crippen molar-refractivity contribution in [3.8, 4) is 0 Å². The minimum atomic E-state index is -1.95. The van der Waals surface area contributed by atoms with Crippen LogP contribution in [0.25, 0.3) is 0 Å². The van der Waals surface area contributed by atoms with E-state index in [0.29, 0.717) is 0 Å². The Kier molecular flexibility index (Phi) is 6.13. The Morgan fingerprint density at radius 2 is 1.53 bits per heavy atom. The summed E-state index contributed by atoms with van der Waals surface area (Å²) in [6.07, 6.45) is 11.3. The van der Waals surface area contributed by atoms with E-state index in [1.807, 2.05) is 0 Å². The summed E-state index contributed by atoms with van der Waals surface area (Å²) in [4.78, 5) is 0. The van der Waals surface area contributed by atoms with E-state index in [4.69, 9.17) is 2.81 Å². The first-order valence-corrected chi connectivity index (χ1v) is 9.43. The molecule has 0 fully saturated rings. The summed E-state index contributed by atoms with van der Waals surface area (Å²) in [6, 6.07) is 0. The van der Waals surface area contributed by atoms with E-state index in [1.54, 1.807) is 6.56 Å². The molecule has 3 heteroatoms. The van der Waals surface area contributed by atoms with E-state index < -0.39 is 22.2 Å². The summed E-state index contributed by atoms with van der Waals surface area (Å²) in [5.41, 5.74) is 2.94. The van der Waals surface area contributed by atoms with Crippen molar-refractivity contribution < 1.29 is 37.4 Å². The van der Waals surface area contributed by atoms with Crippen LogP contribution in [0.15, 0.2) is 42.0 Å². The molecule has 1 nitrogen and oxygen atoms in total. The van der Waals surface area contributed by atoms with E-state index in [-0.39, 0.29) is 12.4 Å². The van der Waals surface area contributed by atoms with Crippen LogP contribution in [-0.2, 0) is 25.0 Å². The molecular weight excluding hydrogens is 311 g/mol. The van der Waals surface area contributed by atoms with Crippen LogP contribution >= 0.6 is 0 Å². The molecule has 0 heterocycles. The summed E-state index contributed by atoms with van der Waals surface area (Å²) in [7, 11) is 0. The fourth-order valence-corrected chi connectivity index (χ4v) is 8.40. The Balaban J connectivity index is 0.00000144. The molecule has 0 saturated heterocycles. The molecule has 0 atom stereocenters. The molecule has 2 rings (SSSR count). The van der Waals surface area contributed by atoms with E-state index in [1.165, 1.54) is 11.1 Å². The van der Waals surface area contributed by atoms with Crippen molar-refractivity contribution in [2.75, 3.05) is 6.61 Å². The van der Waals surface area contributed by atoms with Crippen molar-refractivity contribution >= 4 is 0 Å². The molecule has 0 saturated carbocycles. The second-order valence-electron chi connectivity index (χ2n) is 4.30. The van der Waals surface area contributed by atoms with Gasteiger partial charge in [-0.05, 0) is 0 Å². The third kappa shape index (κ3) is 3.31. The Morgan fingerprint density at radius 3 is 1.82 bits per heavy atom. The van der Waals surface area contributed by atoms with Crippen molar-refractivity contribution in [2.24, 2.45) is 0 Å². The first kappa shape index (κ1) is 15.2. The van der Waals surface area contributed by atoms with E-state index >= 15 is 0 Å². The third-order valence-corrected chi connectivity index (χ3v) is 10.2. The first-order chi connectivity index (χ1) is 7.74. The Labute approximate surface area is 119 Å². The minimum absolute atomic E-state index is 0. The zero-order valence-corrected chi connectivity index (χ0v) is 13.9. The molecule has 0 bridgehead atoms. The molecule has 0 N–H and O–H groups in total. The predicted octanol–water partition coefficient (Wildman–Crippen LogP) is 1.03. The van der Waals surface area contributed by atoms with Crippen LogP contribution in [0.5, 0.6) is 0 Å². The quantitative estimate of drug-likeness (QED) is 0.748. The van der Waals surface area contributed by atoms with Crippen molar-refractivity contribution in [1.29, 1.82) is 0 Å². The van der Waals surface area contributed by atoms with Crippen LogP contribution in [0, 0.1) is 0 Å². The van der Waals surface area contributed by atoms with Gasteiger partial charge in [-0.15, -0.1) is 0 Å². The molecular formula is C14H19ClOZr. The van der Waals surface area contributed by atoms with Gasteiger partial charge in [0.1, 0.15) is 0 Å². The number of allylic oxidation sites excluding steroid dienone is 8. The van der Waals surface area contributed by atoms with Crippen LogP contribution in [-0.4, -0.2) is 6.61 Å². The van der Waals surface area contributed by atoms with Crippen LogP contribution < -0.4 is 12.4 Å². The summed E-state index contributed by atoms with van der Waals surface area (Å²) in [6.45, 7) is 7.45. The summed E-state index contributed by atoms with van der Waals surface area (Å²) < 4.78 is 9.43. The molecule has 0 aliphatic heterocycles. The van der Waals surface area contributed by atoms with E-state index in [9.17, 15) is 0 Å². The average Bonchev–Trinajstić information content (AvgIpc) is 2.84. The topological polar surface area (TPSA) is 9.23 Å². The van der Waals surface area contributed by atoms with Gasteiger partial charge in [0.2, 0.25) is 0 Å². The number of halogens is 1. The van der Waals surface area contributed by atoms with Gasteiger partial charge in [0.05, 0.1) is 0 Å². The maximum Gasteiger partial charge on any atom is -1.00 e. The van der Waals surface area contributed by atoms with Gasteiger partial charge in [-0.25, -0.2) is 0 Å². The summed E-state index contributed by atoms with van der Waals surface area (Å²) >= 11 is -1.95. The zero-order chi connectivity index (χ0) is 11.5. The molecule has 2 aliphatic carbocycles. The van der Waals surface area contributed by atoms with Crippen LogP contribution in [0.3, 0.4) is 0 Å². The molecule has 0 amide bonds. The largest absolute Gasteiger partial charge is 1.00 e. The van der Waals surface area contributed by atoms with Gasteiger partial charge in [-0.1, -0.05) is 0 Å². The second kappa shape index (κ2) is 6.87. The molecule has 92 valence electrons. The summed E-state index contributed by atoms with van der Waals surface area (Å²) in [5.74, 6) is 0. The maximum atomic E-state index is 6.15. The zero-order valence-electron chi connectivity index (χ0n) is 10.7. The molecule has 2 aliphatic rings. The molecule has 0 aromatic carbocycles. The fourth-order valence-electron chi connectivity index (χ4n) is 2.27. The molecule has 0 aromatic rings. The van der Waals surface area contributed by atoms with Crippen LogP contribution in [0.1, 0.15) is 33.6 Å².